The van der Waals surface area contributed by atoms with Gasteiger partial charge in [0.05, 0.1) is 12.4 Å². The van der Waals surface area contributed by atoms with E-state index in [1.54, 1.807) is 19.1 Å². The van der Waals surface area contributed by atoms with Crippen molar-refractivity contribution in [3.05, 3.63) is 76.6 Å². The smallest absolute Gasteiger partial charge is 0.200 e. The van der Waals surface area contributed by atoms with Crippen molar-refractivity contribution in [2.24, 2.45) is 0 Å². The van der Waals surface area contributed by atoms with Crippen molar-refractivity contribution in [2.75, 3.05) is 6.61 Å². The highest BCUT2D eigenvalue weighted by Crippen LogP contribution is 2.24. The van der Waals surface area contributed by atoms with Crippen molar-refractivity contribution in [1.29, 1.82) is 0 Å². The average molecular weight is 362 g/mol. The molecule has 0 amide bonds. The minimum absolute atomic E-state index is 0.0455. The molecule has 2 aromatic rings. The van der Waals surface area contributed by atoms with E-state index in [1.807, 2.05) is 24.3 Å². The minimum atomic E-state index is -0.919. The lowest BCUT2D eigenvalue weighted by molar-refractivity contribution is 0.313. The first-order valence-corrected chi connectivity index (χ1v) is 9.01. The number of halogens is 3. The zero-order valence-corrected chi connectivity index (χ0v) is 15.3. The van der Waals surface area contributed by atoms with Gasteiger partial charge in [-0.05, 0) is 68.7 Å². The van der Waals surface area contributed by atoms with Crippen LogP contribution < -0.4 is 4.74 Å². The summed E-state index contributed by atoms with van der Waals surface area (Å²) >= 11 is 0. The van der Waals surface area contributed by atoms with Crippen LogP contribution >= 0.6 is 0 Å². The molecule has 4 heteroatoms. The van der Waals surface area contributed by atoms with Crippen LogP contribution in [0, 0.1) is 11.6 Å². The highest BCUT2D eigenvalue weighted by atomic mass is 19.2. The molecule has 0 atom stereocenters. The van der Waals surface area contributed by atoms with E-state index in [0.717, 1.165) is 24.8 Å². The Kier molecular flexibility index (Phi) is 7.76. The zero-order chi connectivity index (χ0) is 18.9. The van der Waals surface area contributed by atoms with Gasteiger partial charge in [-0.15, -0.1) is 0 Å². The number of benzene rings is 2. The van der Waals surface area contributed by atoms with Gasteiger partial charge in [0.25, 0.3) is 0 Å². The second-order valence-corrected chi connectivity index (χ2v) is 6.28. The number of ether oxygens (including phenoxy) is 1. The van der Waals surface area contributed by atoms with Crippen LogP contribution in [0.3, 0.4) is 0 Å². The number of hydrogen-bond acceptors (Lipinski definition) is 1. The Morgan fingerprint density at radius 3 is 2.19 bits per heavy atom. The molecule has 26 heavy (non-hydrogen) atoms. The normalized spacial score (nSPS) is 11.7. The number of aryl methyl sites for hydroxylation is 3. The number of rotatable bonds is 9. The van der Waals surface area contributed by atoms with Crippen molar-refractivity contribution in [1.82, 2.24) is 0 Å². The van der Waals surface area contributed by atoms with Crippen LogP contribution in [0.25, 0.3) is 0 Å². The topological polar surface area (TPSA) is 9.23 Å². The Bertz CT molecular complexity index is 732. The largest absolute Gasteiger partial charge is 0.491 e. The highest BCUT2D eigenvalue weighted by molar-refractivity contribution is 5.32. The molecule has 0 spiro atoms. The van der Waals surface area contributed by atoms with Crippen LogP contribution in [0.4, 0.5) is 13.2 Å². The van der Waals surface area contributed by atoms with Crippen LogP contribution in [0.5, 0.6) is 5.75 Å². The van der Waals surface area contributed by atoms with E-state index in [0.29, 0.717) is 25.0 Å². The fraction of sp³-hybridized carbons (Fsp3) is 0.364. The monoisotopic (exact) mass is 362 g/mol. The van der Waals surface area contributed by atoms with Crippen LogP contribution in [0.2, 0.25) is 0 Å². The van der Waals surface area contributed by atoms with Gasteiger partial charge in [0, 0.05) is 0 Å². The lowest BCUT2D eigenvalue weighted by atomic mass is 10.0. The second-order valence-electron chi connectivity index (χ2n) is 6.28. The maximum Gasteiger partial charge on any atom is 0.200 e. The Hall–Kier alpha value is -2.23. The molecular formula is C22H25F3O. The van der Waals surface area contributed by atoms with Gasteiger partial charge >= 0.3 is 0 Å². The Morgan fingerprint density at radius 2 is 1.58 bits per heavy atom. The van der Waals surface area contributed by atoms with Crippen molar-refractivity contribution in [3.8, 4) is 5.75 Å². The number of unbranched alkanes of at least 4 members (excludes halogenated alkanes) is 1. The van der Waals surface area contributed by atoms with E-state index >= 15 is 0 Å². The van der Waals surface area contributed by atoms with Gasteiger partial charge in [-0.25, -0.2) is 8.78 Å². The fourth-order valence-corrected chi connectivity index (χ4v) is 2.79. The van der Waals surface area contributed by atoms with Gasteiger partial charge in [-0.2, -0.15) is 4.39 Å². The molecule has 0 fully saturated rings. The summed E-state index contributed by atoms with van der Waals surface area (Å²) < 4.78 is 45.7. The molecule has 140 valence electrons. The van der Waals surface area contributed by atoms with Gasteiger partial charge in [-0.1, -0.05) is 36.4 Å². The van der Waals surface area contributed by atoms with Crippen molar-refractivity contribution in [2.45, 2.75) is 46.0 Å². The second kappa shape index (κ2) is 10.0. The summed E-state index contributed by atoms with van der Waals surface area (Å²) in [7, 11) is 0. The first-order valence-electron chi connectivity index (χ1n) is 9.01. The molecule has 0 saturated heterocycles. The summed E-state index contributed by atoms with van der Waals surface area (Å²) in [5, 5.41) is 0. The van der Waals surface area contributed by atoms with Crippen molar-refractivity contribution < 1.29 is 17.9 Å². The molecule has 1 nitrogen and oxygen atoms in total. The first-order chi connectivity index (χ1) is 12.5. The van der Waals surface area contributed by atoms with Crippen LogP contribution in [0.15, 0.2) is 48.3 Å². The molecule has 0 saturated carbocycles. The molecule has 0 aliphatic rings. The van der Waals surface area contributed by atoms with E-state index in [-0.39, 0.29) is 11.6 Å². The summed E-state index contributed by atoms with van der Waals surface area (Å²) in [4.78, 5) is 0. The van der Waals surface area contributed by atoms with Crippen molar-refractivity contribution >= 4 is 0 Å². The zero-order valence-electron chi connectivity index (χ0n) is 15.3. The van der Waals surface area contributed by atoms with Gasteiger partial charge < -0.3 is 4.74 Å². The molecule has 0 aliphatic carbocycles. The van der Waals surface area contributed by atoms with Gasteiger partial charge in [-0.3, -0.25) is 0 Å². The van der Waals surface area contributed by atoms with Crippen LogP contribution in [-0.4, -0.2) is 6.61 Å². The fourth-order valence-electron chi connectivity index (χ4n) is 2.79. The lowest BCUT2D eigenvalue weighted by Crippen LogP contribution is -2.02. The van der Waals surface area contributed by atoms with Crippen molar-refractivity contribution in [3.63, 3.8) is 0 Å². The molecular weight excluding hydrogens is 337 g/mol. The van der Waals surface area contributed by atoms with Crippen LogP contribution in [-0.2, 0) is 19.3 Å². The third kappa shape index (κ3) is 5.94. The molecule has 0 unspecified atom stereocenters. The molecule has 0 N–H and O–H groups in total. The van der Waals surface area contributed by atoms with E-state index in [2.05, 4.69) is 0 Å². The Labute approximate surface area is 153 Å². The number of hydrogen-bond donors (Lipinski definition) is 0. The predicted octanol–water partition coefficient (Wildman–Crippen LogP) is 6.34. The summed E-state index contributed by atoms with van der Waals surface area (Å²) in [6.07, 6.45) is 5.18. The van der Waals surface area contributed by atoms with Gasteiger partial charge in [0.1, 0.15) is 0 Å². The predicted molar refractivity (Wildman–Crippen MR) is 99.2 cm³/mol. The standard InChI is InChI=1S/C22H25F3O/c1-3-26-20-15-14-19(21(24)22(20)25)13-12-18-10-8-17(9-11-18)7-5-4-6-16(2)23/h6,8-11,14-15H,3-5,7,12-13H2,1-2H3/b16-6-. The SMILES string of the molecule is CCOc1ccc(CCc2ccc(CCC/C=C(/C)F)cc2)c(F)c1F. The summed E-state index contributed by atoms with van der Waals surface area (Å²) in [6.45, 7) is 3.48. The third-order valence-electron chi connectivity index (χ3n) is 4.23. The summed E-state index contributed by atoms with van der Waals surface area (Å²) in [6, 6.07) is 11.2. The van der Waals surface area contributed by atoms with Crippen LogP contribution in [0.1, 0.15) is 43.4 Å². The molecule has 0 aromatic heterocycles. The van der Waals surface area contributed by atoms with Gasteiger partial charge in [0.2, 0.25) is 5.82 Å². The maximum atomic E-state index is 14.1. The number of allylic oxidation sites excluding steroid dienone is 2. The van der Waals surface area contributed by atoms with E-state index in [1.165, 1.54) is 18.6 Å². The maximum absolute atomic E-state index is 14.1. The highest BCUT2D eigenvalue weighted by Gasteiger charge is 2.14. The summed E-state index contributed by atoms with van der Waals surface area (Å²) in [5.41, 5.74) is 2.61. The molecule has 2 aromatic carbocycles. The van der Waals surface area contributed by atoms with E-state index in [9.17, 15) is 13.2 Å². The first kappa shape index (κ1) is 20.1. The Balaban J connectivity index is 1.90. The molecule has 0 aliphatic heterocycles. The van der Waals surface area contributed by atoms with Gasteiger partial charge in [0.15, 0.2) is 11.6 Å². The van der Waals surface area contributed by atoms with E-state index < -0.39 is 11.6 Å². The lowest BCUT2D eigenvalue weighted by Gasteiger charge is -2.09. The minimum Gasteiger partial charge on any atom is -0.491 e. The molecule has 0 bridgehead atoms. The Morgan fingerprint density at radius 1 is 0.923 bits per heavy atom. The average Bonchev–Trinajstić information content (AvgIpc) is 2.63. The third-order valence-corrected chi connectivity index (χ3v) is 4.23. The molecule has 2 rings (SSSR count). The van der Waals surface area contributed by atoms with E-state index in [4.69, 9.17) is 4.74 Å². The molecule has 0 radical (unpaired) electrons. The summed E-state index contributed by atoms with van der Waals surface area (Å²) in [5.74, 6) is -1.93. The quantitative estimate of drug-likeness (QED) is 0.473. The molecule has 0 heterocycles.